The van der Waals surface area contributed by atoms with E-state index in [4.69, 9.17) is 27.9 Å². The molecule has 0 amide bonds. The number of benzene rings is 1. The summed E-state index contributed by atoms with van der Waals surface area (Å²) in [6.45, 7) is 3.69. The fourth-order valence-electron chi connectivity index (χ4n) is 1.27. The lowest BCUT2D eigenvalue weighted by atomic mass is 10.2. The summed E-state index contributed by atoms with van der Waals surface area (Å²) >= 11 is 11.9. The number of rotatable bonds is 6. The van der Waals surface area contributed by atoms with Gasteiger partial charge in [0, 0.05) is 6.61 Å². The highest BCUT2D eigenvalue weighted by molar-refractivity contribution is 6.42. The molecular weight excluding hydrogens is 231 g/mol. The van der Waals surface area contributed by atoms with Crippen molar-refractivity contribution in [3.63, 3.8) is 0 Å². The van der Waals surface area contributed by atoms with Crippen molar-refractivity contribution in [2.75, 3.05) is 13.2 Å². The maximum absolute atomic E-state index is 6.05. The molecule has 0 saturated heterocycles. The first-order chi connectivity index (χ1) is 7.25. The second-order valence-electron chi connectivity index (χ2n) is 3.43. The number of hydrogen-bond donors (Lipinski definition) is 0. The van der Waals surface area contributed by atoms with Gasteiger partial charge in [-0.2, -0.15) is 0 Å². The lowest BCUT2D eigenvalue weighted by molar-refractivity contribution is 0.134. The smallest absolute Gasteiger partial charge is 0.0625 e. The van der Waals surface area contributed by atoms with E-state index in [2.05, 4.69) is 6.92 Å². The standard InChI is InChI=1S/C12H16Cl2O/c1-2-3-8-15-9-7-10-5-4-6-11(13)12(10)14/h4-6H,2-3,7-9H2,1H3. The van der Waals surface area contributed by atoms with E-state index in [0.29, 0.717) is 16.7 Å². The van der Waals surface area contributed by atoms with Crippen molar-refractivity contribution in [2.24, 2.45) is 0 Å². The van der Waals surface area contributed by atoms with Gasteiger partial charge in [-0.05, 0) is 24.5 Å². The van der Waals surface area contributed by atoms with E-state index in [0.717, 1.165) is 31.4 Å². The first-order valence-corrected chi connectivity index (χ1v) is 6.02. The largest absolute Gasteiger partial charge is 0.381 e. The van der Waals surface area contributed by atoms with Crippen LogP contribution in [0, 0.1) is 0 Å². The van der Waals surface area contributed by atoms with E-state index in [9.17, 15) is 0 Å². The molecule has 3 heteroatoms. The van der Waals surface area contributed by atoms with Crippen LogP contribution in [0.1, 0.15) is 25.3 Å². The highest BCUT2D eigenvalue weighted by Gasteiger charge is 2.03. The zero-order valence-electron chi connectivity index (χ0n) is 8.93. The van der Waals surface area contributed by atoms with E-state index in [1.54, 1.807) is 6.07 Å². The van der Waals surface area contributed by atoms with Gasteiger partial charge in [0.1, 0.15) is 0 Å². The minimum absolute atomic E-state index is 0.614. The quantitative estimate of drug-likeness (QED) is 0.679. The molecule has 0 aliphatic carbocycles. The first kappa shape index (κ1) is 12.8. The molecule has 1 nitrogen and oxygen atoms in total. The SMILES string of the molecule is CCCCOCCc1cccc(Cl)c1Cl. The van der Waals surface area contributed by atoms with Crippen LogP contribution in [0.5, 0.6) is 0 Å². The fourth-order valence-corrected chi connectivity index (χ4v) is 1.69. The molecule has 1 aromatic rings. The zero-order chi connectivity index (χ0) is 11.1. The third-order valence-electron chi connectivity index (χ3n) is 2.19. The van der Waals surface area contributed by atoms with Crippen LogP contribution in [0.3, 0.4) is 0 Å². The Morgan fingerprint density at radius 3 is 2.73 bits per heavy atom. The predicted octanol–water partition coefficient (Wildman–Crippen LogP) is 4.35. The van der Waals surface area contributed by atoms with Crippen molar-refractivity contribution in [1.82, 2.24) is 0 Å². The third kappa shape index (κ3) is 4.42. The zero-order valence-corrected chi connectivity index (χ0v) is 10.4. The number of halogens is 2. The summed E-state index contributed by atoms with van der Waals surface area (Å²) in [6, 6.07) is 5.69. The normalized spacial score (nSPS) is 10.6. The molecule has 1 rings (SSSR count). The van der Waals surface area contributed by atoms with Crippen molar-refractivity contribution in [1.29, 1.82) is 0 Å². The van der Waals surface area contributed by atoms with E-state index in [-0.39, 0.29) is 0 Å². The van der Waals surface area contributed by atoms with Crippen LogP contribution >= 0.6 is 23.2 Å². The second-order valence-corrected chi connectivity index (χ2v) is 4.21. The molecule has 0 fully saturated rings. The Bertz CT molecular complexity index is 300. The van der Waals surface area contributed by atoms with Gasteiger partial charge in [-0.1, -0.05) is 48.7 Å². The van der Waals surface area contributed by atoms with E-state index >= 15 is 0 Å². The van der Waals surface area contributed by atoms with Gasteiger partial charge in [0.05, 0.1) is 16.7 Å². The summed E-state index contributed by atoms with van der Waals surface area (Å²) < 4.78 is 5.47. The minimum atomic E-state index is 0.614. The minimum Gasteiger partial charge on any atom is -0.381 e. The summed E-state index contributed by atoms with van der Waals surface area (Å²) in [6.07, 6.45) is 3.10. The molecular formula is C12H16Cl2O. The van der Waals surface area contributed by atoms with Gasteiger partial charge in [-0.3, -0.25) is 0 Å². The van der Waals surface area contributed by atoms with Gasteiger partial charge in [0.15, 0.2) is 0 Å². The second kappa shape index (κ2) is 7.10. The summed E-state index contributed by atoms with van der Waals surface area (Å²) in [7, 11) is 0. The lowest BCUT2D eigenvalue weighted by Gasteiger charge is -2.06. The van der Waals surface area contributed by atoms with Gasteiger partial charge < -0.3 is 4.74 Å². The summed E-state index contributed by atoms with van der Waals surface area (Å²) in [4.78, 5) is 0. The fraction of sp³-hybridized carbons (Fsp3) is 0.500. The van der Waals surface area contributed by atoms with Crippen LogP contribution in [-0.2, 0) is 11.2 Å². The Hall–Kier alpha value is -0.240. The average Bonchev–Trinajstić information content (AvgIpc) is 2.24. The average molecular weight is 247 g/mol. The molecule has 0 N–H and O–H groups in total. The van der Waals surface area contributed by atoms with Crippen LogP contribution in [0.2, 0.25) is 10.0 Å². The molecule has 0 spiro atoms. The van der Waals surface area contributed by atoms with Crippen molar-refractivity contribution in [3.05, 3.63) is 33.8 Å². The molecule has 0 aliphatic heterocycles. The molecule has 0 unspecified atom stereocenters. The number of ether oxygens (including phenoxy) is 1. The molecule has 0 aliphatic rings. The van der Waals surface area contributed by atoms with Crippen LogP contribution in [0.15, 0.2) is 18.2 Å². The summed E-state index contributed by atoms with van der Waals surface area (Å²) in [5.74, 6) is 0. The first-order valence-electron chi connectivity index (χ1n) is 5.26. The molecule has 0 aromatic heterocycles. The highest BCUT2D eigenvalue weighted by Crippen LogP contribution is 2.25. The van der Waals surface area contributed by atoms with Gasteiger partial charge in [-0.25, -0.2) is 0 Å². The maximum Gasteiger partial charge on any atom is 0.0625 e. The molecule has 84 valence electrons. The Kier molecular flexibility index (Phi) is 6.07. The molecule has 0 radical (unpaired) electrons. The molecule has 1 aromatic carbocycles. The Labute approximate surface area is 101 Å². The highest BCUT2D eigenvalue weighted by atomic mass is 35.5. The van der Waals surface area contributed by atoms with Crippen LogP contribution in [-0.4, -0.2) is 13.2 Å². The maximum atomic E-state index is 6.05. The topological polar surface area (TPSA) is 9.23 Å². The molecule has 0 bridgehead atoms. The number of hydrogen-bond acceptors (Lipinski definition) is 1. The van der Waals surface area contributed by atoms with Gasteiger partial charge in [0.25, 0.3) is 0 Å². The van der Waals surface area contributed by atoms with E-state index in [1.807, 2.05) is 12.1 Å². The summed E-state index contributed by atoms with van der Waals surface area (Å²) in [5.41, 5.74) is 1.06. The van der Waals surface area contributed by atoms with E-state index < -0.39 is 0 Å². The van der Waals surface area contributed by atoms with Crippen molar-refractivity contribution >= 4 is 23.2 Å². The third-order valence-corrected chi connectivity index (χ3v) is 3.05. The Balaban J connectivity index is 2.34. The van der Waals surface area contributed by atoms with Crippen LogP contribution in [0.4, 0.5) is 0 Å². The van der Waals surface area contributed by atoms with Crippen LogP contribution in [0.25, 0.3) is 0 Å². The number of unbranched alkanes of at least 4 members (excludes halogenated alkanes) is 1. The van der Waals surface area contributed by atoms with Gasteiger partial charge in [0.2, 0.25) is 0 Å². The Morgan fingerprint density at radius 1 is 1.20 bits per heavy atom. The van der Waals surface area contributed by atoms with Crippen molar-refractivity contribution in [3.8, 4) is 0 Å². The monoisotopic (exact) mass is 246 g/mol. The Morgan fingerprint density at radius 2 is 2.00 bits per heavy atom. The molecule has 0 saturated carbocycles. The predicted molar refractivity (Wildman–Crippen MR) is 65.9 cm³/mol. The van der Waals surface area contributed by atoms with Crippen molar-refractivity contribution < 1.29 is 4.74 Å². The van der Waals surface area contributed by atoms with Gasteiger partial charge >= 0.3 is 0 Å². The molecule has 0 heterocycles. The molecule has 15 heavy (non-hydrogen) atoms. The lowest BCUT2D eigenvalue weighted by Crippen LogP contribution is -2.00. The van der Waals surface area contributed by atoms with Gasteiger partial charge in [-0.15, -0.1) is 0 Å². The molecule has 0 atom stereocenters. The summed E-state index contributed by atoms with van der Waals surface area (Å²) in [5, 5.41) is 1.26. The van der Waals surface area contributed by atoms with E-state index in [1.165, 1.54) is 0 Å². The van der Waals surface area contributed by atoms with Crippen molar-refractivity contribution in [2.45, 2.75) is 26.2 Å². The van der Waals surface area contributed by atoms with Crippen LogP contribution < -0.4 is 0 Å².